The van der Waals surface area contributed by atoms with Crippen LogP contribution in [-0.4, -0.2) is 53.6 Å². The Balaban J connectivity index is 1.58. The first-order chi connectivity index (χ1) is 13.5. The molecule has 9 heteroatoms. The summed E-state index contributed by atoms with van der Waals surface area (Å²) in [6.45, 7) is 5.50. The van der Waals surface area contributed by atoms with Crippen LogP contribution in [0.4, 0.5) is 10.2 Å². The minimum atomic E-state index is -0.367. The summed E-state index contributed by atoms with van der Waals surface area (Å²) in [6.07, 6.45) is 5.45. The average Bonchev–Trinajstić information content (AvgIpc) is 3.25. The van der Waals surface area contributed by atoms with Crippen LogP contribution in [0.25, 0.3) is 15.4 Å². The molecule has 2 aliphatic rings. The van der Waals surface area contributed by atoms with Gasteiger partial charge in [0.05, 0.1) is 4.88 Å². The number of halogens is 1. The van der Waals surface area contributed by atoms with Crippen LogP contribution < -0.4 is 20.2 Å². The molecule has 0 amide bonds. The SMILES string of the molecule is CC1C=[n+]2cc(-c3cn4c(=O)cc(N5CCN(C)CC5)nc4s3)cc(F)c2=N1. The molecule has 5 heterocycles. The molecule has 0 N–H and O–H groups in total. The van der Waals surface area contributed by atoms with E-state index in [0.29, 0.717) is 21.8 Å². The lowest BCUT2D eigenvalue weighted by Crippen LogP contribution is -2.45. The van der Waals surface area contributed by atoms with Gasteiger partial charge in [-0.1, -0.05) is 16.3 Å². The first-order valence-corrected chi connectivity index (χ1v) is 10.1. The van der Waals surface area contributed by atoms with Crippen LogP contribution in [0.15, 0.2) is 34.3 Å². The molecular formula is C19H20FN6OS+. The molecule has 0 radical (unpaired) electrons. The number of fused-ring (bicyclic) bond motifs is 2. The molecule has 2 aliphatic heterocycles. The van der Waals surface area contributed by atoms with Gasteiger partial charge in [0.1, 0.15) is 18.2 Å². The maximum atomic E-state index is 14.5. The van der Waals surface area contributed by atoms with E-state index in [4.69, 9.17) is 4.98 Å². The zero-order valence-corrected chi connectivity index (χ0v) is 16.5. The predicted molar refractivity (Wildman–Crippen MR) is 105 cm³/mol. The fourth-order valence-electron chi connectivity index (χ4n) is 3.63. The first-order valence-electron chi connectivity index (χ1n) is 9.25. The van der Waals surface area contributed by atoms with Gasteiger partial charge >= 0.3 is 5.49 Å². The maximum Gasteiger partial charge on any atom is 0.358 e. The lowest BCUT2D eigenvalue weighted by molar-refractivity contribution is -0.524. The fraction of sp³-hybridized carbons (Fsp3) is 0.368. The number of aromatic nitrogens is 3. The topological polar surface area (TPSA) is 59.1 Å². The normalized spacial score (nSPS) is 19.5. The van der Waals surface area contributed by atoms with Gasteiger partial charge in [0.2, 0.25) is 5.82 Å². The monoisotopic (exact) mass is 399 g/mol. The number of likely N-dealkylation sites (N-methyl/N-ethyl adjacent to an activating group) is 1. The molecule has 1 unspecified atom stereocenters. The standard InChI is InChI=1S/C19H20FN6OS/c1-12-9-25-10-13(7-14(20)18(25)21-12)15-11-26-17(27)8-16(22-19(26)28-15)24-5-3-23(2)4-6-24/h7-12H,3-6H2,1-2H3/q+1. The van der Waals surface area contributed by atoms with Crippen molar-refractivity contribution in [3.8, 4) is 10.4 Å². The molecule has 0 spiro atoms. The van der Waals surface area contributed by atoms with Gasteiger partial charge < -0.3 is 9.80 Å². The lowest BCUT2D eigenvalue weighted by Gasteiger charge is -2.32. The van der Waals surface area contributed by atoms with Gasteiger partial charge in [-0.2, -0.15) is 8.63 Å². The molecule has 3 aromatic heterocycles. The number of pyridine rings is 1. The minimum Gasteiger partial charge on any atom is -0.354 e. The highest BCUT2D eigenvalue weighted by Gasteiger charge is 2.21. The lowest BCUT2D eigenvalue weighted by atomic mass is 10.2. The number of hydrogen-bond donors (Lipinski definition) is 0. The zero-order chi connectivity index (χ0) is 19.4. The summed E-state index contributed by atoms with van der Waals surface area (Å²) in [6, 6.07) is 3.00. The summed E-state index contributed by atoms with van der Waals surface area (Å²) < 4.78 is 17.7. The van der Waals surface area contributed by atoms with E-state index in [-0.39, 0.29) is 17.4 Å². The van der Waals surface area contributed by atoms with Crippen LogP contribution in [0.2, 0.25) is 0 Å². The third-order valence-corrected chi connectivity index (χ3v) is 6.22. The van der Waals surface area contributed by atoms with Crippen molar-refractivity contribution in [3.63, 3.8) is 0 Å². The number of hydrogen-bond acceptors (Lipinski definition) is 6. The van der Waals surface area contributed by atoms with Crippen molar-refractivity contribution in [3.05, 3.63) is 52.4 Å². The predicted octanol–water partition coefficient (Wildman–Crippen LogP) is 0.633. The minimum absolute atomic E-state index is 0.0532. The Labute approximate surface area is 164 Å². The average molecular weight is 399 g/mol. The van der Waals surface area contributed by atoms with Crippen molar-refractivity contribution in [2.45, 2.75) is 13.0 Å². The highest BCUT2D eigenvalue weighted by Crippen LogP contribution is 2.27. The first kappa shape index (κ1) is 17.4. The Bertz CT molecular complexity index is 1260. The Kier molecular flexibility index (Phi) is 4.02. The van der Waals surface area contributed by atoms with Gasteiger partial charge in [0, 0.05) is 44.0 Å². The third kappa shape index (κ3) is 2.91. The molecule has 5 rings (SSSR count). The smallest absolute Gasteiger partial charge is 0.354 e. The molecular weight excluding hydrogens is 379 g/mol. The molecule has 0 saturated carbocycles. The molecule has 1 fully saturated rings. The van der Waals surface area contributed by atoms with Gasteiger partial charge in [-0.05, 0) is 20.0 Å². The van der Waals surface area contributed by atoms with E-state index in [1.165, 1.54) is 21.8 Å². The molecule has 7 nitrogen and oxygen atoms in total. The van der Waals surface area contributed by atoms with E-state index in [9.17, 15) is 9.18 Å². The zero-order valence-electron chi connectivity index (χ0n) is 15.7. The van der Waals surface area contributed by atoms with Gasteiger partial charge in [-0.15, -0.1) is 0 Å². The summed E-state index contributed by atoms with van der Waals surface area (Å²) in [5, 5.41) is 0. The third-order valence-electron chi connectivity index (χ3n) is 5.19. The highest BCUT2D eigenvalue weighted by molar-refractivity contribution is 7.20. The Morgan fingerprint density at radius 3 is 2.82 bits per heavy atom. The quantitative estimate of drug-likeness (QED) is 0.594. The van der Waals surface area contributed by atoms with E-state index in [2.05, 4.69) is 21.8 Å². The molecule has 144 valence electrons. The van der Waals surface area contributed by atoms with E-state index in [1.54, 1.807) is 16.5 Å². The molecule has 0 bridgehead atoms. The van der Waals surface area contributed by atoms with Gasteiger partial charge in [0.15, 0.2) is 11.0 Å². The Morgan fingerprint density at radius 2 is 2.04 bits per heavy atom. The summed E-state index contributed by atoms with van der Waals surface area (Å²) in [5.41, 5.74) is 0.925. The molecule has 1 atom stereocenters. The fourth-order valence-corrected chi connectivity index (χ4v) is 4.59. The van der Waals surface area contributed by atoms with E-state index >= 15 is 0 Å². The molecule has 0 aromatic carbocycles. The molecule has 3 aromatic rings. The molecule has 1 saturated heterocycles. The Hall–Kier alpha value is -2.65. The van der Waals surface area contributed by atoms with Crippen LogP contribution in [0.3, 0.4) is 0 Å². The van der Waals surface area contributed by atoms with E-state index < -0.39 is 0 Å². The second-order valence-electron chi connectivity index (χ2n) is 7.32. The number of anilines is 1. The number of piperazine rings is 1. The largest absolute Gasteiger partial charge is 0.358 e. The number of nitrogens with zero attached hydrogens (tertiary/aromatic N) is 6. The second-order valence-corrected chi connectivity index (χ2v) is 8.33. The summed E-state index contributed by atoms with van der Waals surface area (Å²) >= 11 is 1.39. The van der Waals surface area contributed by atoms with Crippen molar-refractivity contribution in [1.29, 1.82) is 0 Å². The highest BCUT2D eigenvalue weighted by atomic mass is 32.1. The van der Waals surface area contributed by atoms with Crippen LogP contribution in [-0.2, 0) is 0 Å². The van der Waals surface area contributed by atoms with Crippen LogP contribution in [0, 0.1) is 12.0 Å². The summed E-state index contributed by atoms with van der Waals surface area (Å²) in [4.78, 5) is 27.4. The van der Waals surface area contributed by atoms with Crippen LogP contribution >= 0.6 is 11.3 Å². The number of rotatable bonds is 2. The molecule has 28 heavy (non-hydrogen) atoms. The van der Waals surface area contributed by atoms with Crippen molar-refractivity contribution in [2.75, 3.05) is 38.1 Å². The van der Waals surface area contributed by atoms with Gasteiger partial charge in [0.25, 0.3) is 5.56 Å². The van der Waals surface area contributed by atoms with Crippen molar-refractivity contribution >= 4 is 22.1 Å². The van der Waals surface area contributed by atoms with Gasteiger partial charge in [-0.3, -0.25) is 9.20 Å². The van der Waals surface area contributed by atoms with Crippen molar-refractivity contribution in [1.82, 2.24) is 14.3 Å². The van der Waals surface area contributed by atoms with Crippen molar-refractivity contribution in [2.24, 2.45) is 4.99 Å². The second kappa shape index (κ2) is 6.46. The Morgan fingerprint density at radius 1 is 1.25 bits per heavy atom. The van der Waals surface area contributed by atoms with Crippen molar-refractivity contribution < 1.29 is 8.63 Å². The van der Waals surface area contributed by atoms with E-state index in [0.717, 1.165) is 31.1 Å². The van der Waals surface area contributed by atoms with Crippen LogP contribution in [0.5, 0.6) is 0 Å². The van der Waals surface area contributed by atoms with Crippen LogP contribution in [0.1, 0.15) is 6.92 Å². The summed E-state index contributed by atoms with van der Waals surface area (Å²) in [7, 11) is 2.09. The summed E-state index contributed by atoms with van der Waals surface area (Å²) in [5.74, 6) is 0.343. The van der Waals surface area contributed by atoms with Gasteiger partial charge in [-0.25, -0.2) is 4.98 Å². The number of thiazole rings is 1. The maximum absolute atomic E-state index is 14.5. The van der Waals surface area contributed by atoms with E-state index in [1.807, 2.05) is 19.3 Å². The molecule has 0 aliphatic carbocycles.